The van der Waals surface area contributed by atoms with Gasteiger partial charge in [0.25, 0.3) is 0 Å². The molecule has 0 unspecified atom stereocenters. The molecule has 1 aliphatic carbocycles. The second-order valence-corrected chi connectivity index (χ2v) is 3.92. The number of hydrogen-bond acceptors (Lipinski definition) is 2. The lowest BCUT2D eigenvalue weighted by Crippen LogP contribution is -1.92. The Morgan fingerprint density at radius 1 is 1.20 bits per heavy atom. The number of hydrogen-bond donors (Lipinski definition) is 0. The first-order valence-corrected chi connectivity index (χ1v) is 4.98. The normalized spacial score (nSPS) is 13.8. The highest BCUT2D eigenvalue weighted by Gasteiger charge is 2.10. The minimum Gasteiger partial charge on any atom is -0.288 e. The van der Waals surface area contributed by atoms with Gasteiger partial charge in [-0.15, -0.1) is 10.2 Å². The molecule has 0 radical (unpaired) electrons. The first-order chi connectivity index (χ1) is 7.33. The van der Waals surface area contributed by atoms with Gasteiger partial charge in [-0.25, -0.2) is 0 Å². The maximum absolute atomic E-state index is 3.81. The Kier molecular flexibility index (Phi) is 1.71. The molecule has 15 heavy (non-hydrogen) atoms. The summed E-state index contributed by atoms with van der Waals surface area (Å²) >= 11 is 0. The molecule has 0 amide bonds. The van der Waals surface area contributed by atoms with E-state index in [1.54, 1.807) is 12.7 Å². The fourth-order valence-corrected chi connectivity index (χ4v) is 2.00. The summed E-state index contributed by atoms with van der Waals surface area (Å²) in [5.41, 5.74) is 5.27. The van der Waals surface area contributed by atoms with Crippen LogP contribution in [0.3, 0.4) is 0 Å². The van der Waals surface area contributed by atoms with Crippen LogP contribution in [0.4, 0.5) is 0 Å². The Balaban J connectivity index is 2.07. The third kappa shape index (κ3) is 1.36. The number of rotatable bonds is 1. The van der Waals surface area contributed by atoms with E-state index < -0.39 is 0 Å². The molecule has 0 saturated carbocycles. The van der Waals surface area contributed by atoms with Gasteiger partial charge >= 0.3 is 0 Å². The minimum absolute atomic E-state index is 1.06. The quantitative estimate of drug-likeness (QED) is 0.701. The van der Waals surface area contributed by atoms with Gasteiger partial charge in [0.1, 0.15) is 12.7 Å². The summed E-state index contributed by atoms with van der Waals surface area (Å²) in [7, 11) is 0. The highest BCUT2D eigenvalue weighted by atomic mass is 15.2. The van der Waals surface area contributed by atoms with Gasteiger partial charge in [-0.2, -0.15) is 0 Å². The van der Waals surface area contributed by atoms with Crippen molar-refractivity contribution in [1.29, 1.82) is 0 Å². The summed E-state index contributed by atoms with van der Waals surface area (Å²) in [5.74, 6) is 0. The van der Waals surface area contributed by atoms with Crippen LogP contribution >= 0.6 is 0 Å². The van der Waals surface area contributed by atoms with E-state index in [1.165, 1.54) is 16.7 Å². The molecule has 0 saturated heterocycles. The van der Waals surface area contributed by atoms with Crippen LogP contribution in [0.15, 0.2) is 36.4 Å². The van der Waals surface area contributed by atoms with Gasteiger partial charge in [0.15, 0.2) is 0 Å². The smallest absolute Gasteiger partial charge is 0.123 e. The maximum atomic E-state index is 3.81. The van der Waals surface area contributed by atoms with Gasteiger partial charge < -0.3 is 0 Å². The summed E-state index contributed by atoms with van der Waals surface area (Å²) < 4.78 is 1.92. The van der Waals surface area contributed by atoms with Gasteiger partial charge in [-0.3, -0.25) is 4.57 Å². The van der Waals surface area contributed by atoms with Crippen LogP contribution in [-0.4, -0.2) is 14.8 Å². The molecule has 1 aromatic heterocycles. The molecule has 3 nitrogen and oxygen atoms in total. The van der Waals surface area contributed by atoms with E-state index in [0.29, 0.717) is 0 Å². The van der Waals surface area contributed by atoms with Crippen LogP contribution in [0.25, 0.3) is 11.8 Å². The van der Waals surface area contributed by atoms with Gasteiger partial charge in [0.2, 0.25) is 0 Å². The molecule has 2 aromatic rings. The van der Waals surface area contributed by atoms with Crippen molar-refractivity contribution >= 4 is 6.08 Å². The molecule has 3 rings (SSSR count). The number of nitrogens with zero attached hydrogens (tertiary/aromatic N) is 3. The van der Waals surface area contributed by atoms with Crippen molar-refractivity contribution in [3.63, 3.8) is 0 Å². The van der Waals surface area contributed by atoms with Crippen LogP contribution in [0.1, 0.15) is 18.1 Å². The van der Waals surface area contributed by atoms with Gasteiger partial charge in [0, 0.05) is 5.69 Å². The fourth-order valence-electron chi connectivity index (χ4n) is 2.00. The van der Waals surface area contributed by atoms with Crippen LogP contribution in [0.2, 0.25) is 0 Å². The molecule has 3 heteroatoms. The predicted molar refractivity (Wildman–Crippen MR) is 58.7 cm³/mol. The van der Waals surface area contributed by atoms with Crippen LogP contribution in [0.5, 0.6) is 0 Å². The molecule has 0 atom stereocenters. The third-order valence-corrected chi connectivity index (χ3v) is 2.71. The number of fused-ring (bicyclic) bond motifs is 1. The lowest BCUT2D eigenvalue weighted by atomic mass is 10.1. The average molecular weight is 197 g/mol. The Labute approximate surface area is 88.1 Å². The van der Waals surface area contributed by atoms with Crippen LogP contribution in [0, 0.1) is 0 Å². The third-order valence-electron chi connectivity index (χ3n) is 2.71. The lowest BCUT2D eigenvalue weighted by Gasteiger charge is -2.04. The first kappa shape index (κ1) is 8.41. The second kappa shape index (κ2) is 3.05. The Hall–Kier alpha value is -1.90. The number of allylic oxidation sites excluding steroid dienone is 1. The molecule has 1 aliphatic rings. The lowest BCUT2D eigenvalue weighted by molar-refractivity contribution is 1.05. The summed E-state index contributed by atoms with van der Waals surface area (Å²) in [5, 5.41) is 7.61. The first-order valence-electron chi connectivity index (χ1n) is 4.98. The molecule has 74 valence electrons. The van der Waals surface area contributed by atoms with Crippen molar-refractivity contribution in [2.75, 3.05) is 0 Å². The van der Waals surface area contributed by atoms with Crippen molar-refractivity contribution in [2.24, 2.45) is 0 Å². The van der Waals surface area contributed by atoms with E-state index in [4.69, 9.17) is 0 Å². The molecule has 1 heterocycles. The maximum Gasteiger partial charge on any atom is 0.123 e. The fraction of sp³-hybridized carbons (Fsp3) is 0.167. The Morgan fingerprint density at radius 2 is 2.00 bits per heavy atom. The summed E-state index contributed by atoms with van der Waals surface area (Å²) in [6.45, 7) is 2.17. The van der Waals surface area contributed by atoms with E-state index in [2.05, 4.69) is 41.4 Å². The molecular weight excluding hydrogens is 186 g/mol. The highest BCUT2D eigenvalue weighted by Crippen LogP contribution is 2.26. The number of aromatic nitrogens is 3. The molecule has 0 bridgehead atoms. The molecule has 0 aliphatic heterocycles. The zero-order valence-corrected chi connectivity index (χ0v) is 8.51. The van der Waals surface area contributed by atoms with E-state index in [1.807, 2.05) is 4.57 Å². The largest absolute Gasteiger partial charge is 0.288 e. The van der Waals surface area contributed by atoms with Crippen molar-refractivity contribution in [2.45, 2.75) is 13.3 Å². The second-order valence-electron chi connectivity index (χ2n) is 3.92. The Morgan fingerprint density at radius 3 is 2.80 bits per heavy atom. The van der Waals surface area contributed by atoms with E-state index in [0.717, 1.165) is 12.1 Å². The standard InChI is InChI=1S/C12H11N3/c1-9-4-10-2-3-12(6-11(10)5-9)15-7-13-14-8-15/h2-4,6-8H,5H2,1H3. The zero-order valence-electron chi connectivity index (χ0n) is 8.51. The van der Waals surface area contributed by atoms with Crippen molar-refractivity contribution < 1.29 is 0 Å². The van der Waals surface area contributed by atoms with Crippen molar-refractivity contribution in [3.05, 3.63) is 47.6 Å². The average Bonchev–Trinajstić information content (AvgIpc) is 2.82. The molecular formula is C12H11N3. The van der Waals surface area contributed by atoms with Crippen LogP contribution in [-0.2, 0) is 6.42 Å². The Bertz CT molecular complexity index is 524. The van der Waals surface area contributed by atoms with Crippen molar-refractivity contribution in [3.8, 4) is 5.69 Å². The zero-order chi connectivity index (χ0) is 10.3. The molecule has 1 aromatic carbocycles. The van der Waals surface area contributed by atoms with Gasteiger partial charge in [0.05, 0.1) is 0 Å². The monoisotopic (exact) mass is 197 g/mol. The molecule has 0 N–H and O–H groups in total. The highest BCUT2D eigenvalue weighted by molar-refractivity contribution is 5.65. The topological polar surface area (TPSA) is 30.7 Å². The number of benzene rings is 1. The minimum atomic E-state index is 1.06. The van der Waals surface area contributed by atoms with Crippen molar-refractivity contribution in [1.82, 2.24) is 14.8 Å². The van der Waals surface area contributed by atoms with Gasteiger partial charge in [-0.1, -0.05) is 17.7 Å². The van der Waals surface area contributed by atoms with E-state index >= 15 is 0 Å². The summed E-state index contributed by atoms with van der Waals surface area (Å²) in [4.78, 5) is 0. The predicted octanol–water partition coefficient (Wildman–Crippen LogP) is 2.23. The molecule has 0 fully saturated rings. The molecule has 0 spiro atoms. The van der Waals surface area contributed by atoms with Gasteiger partial charge in [-0.05, 0) is 36.6 Å². The summed E-state index contributed by atoms with van der Waals surface area (Å²) in [6, 6.07) is 6.45. The summed E-state index contributed by atoms with van der Waals surface area (Å²) in [6.07, 6.45) is 6.74. The van der Waals surface area contributed by atoms with Crippen LogP contribution < -0.4 is 0 Å². The van der Waals surface area contributed by atoms with E-state index in [9.17, 15) is 0 Å². The SMILES string of the molecule is CC1=Cc2ccc(-n3cnnc3)cc2C1. The van der Waals surface area contributed by atoms with E-state index in [-0.39, 0.29) is 0 Å².